The van der Waals surface area contributed by atoms with Gasteiger partial charge in [-0.05, 0) is 12.2 Å². The van der Waals surface area contributed by atoms with Crippen LogP contribution in [-0.2, 0) is 6.54 Å². The van der Waals surface area contributed by atoms with Crippen LogP contribution in [0.5, 0.6) is 0 Å². The van der Waals surface area contributed by atoms with Gasteiger partial charge < -0.3 is 0 Å². The van der Waals surface area contributed by atoms with Crippen LogP contribution < -0.4 is 17.1 Å². The van der Waals surface area contributed by atoms with Gasteiger partial charge >= 0.3 is 17.1 Å². The summed E-state index contributed by atoms with van der Waals surface area (Å²) in [5.41, 5.74) is -2.10. The van der Waals surface area contributed by atoms with Crippen LogP contribution in [0.25, 0.3) is 0 Å². The van der Waals surface area contributed by atoms with Crippen LogP contribution in [0.1, 0.15) is 6.42 Å². The summed E-state index contributed by atoms with van der Waals surface area (Å²) in [5, 5.41) is 0. The van der Waals surface area contributed by atoms with E-state index in [-0.39, 0.29) is 0 Å². The summed E-state index contributed by atoms with van der Waals surface area (Å²) in [6.45, 7) is 3.88. The number of nitrogens with zero attached hydrogens (tertiary/aromatic N) is 1. The lowest BCUT2D eigenvalue weighted by molar-refractivity contribution is 0.589. The van der Waals surface area contributed by atoms with E-state index in [4.69, 9.17) is 0 Å². The van der Waals surface area contributed by atoms with Crippen LogP contribution in [-0.4, -0.2) is 26.0 Å². The van der Waals surface area contributed by atoms with Crippen LogP contribution in [0.3, 0.4) is 0 Å². The van der Waals surface area contributed by atoms with E-state index in [0.29, 0.717) is 13.0 Å². The van der Waals surface area contributed by atoms with Gasteiger partial charge in [-0.2, -0.15) is 11.8 Å². The van der Waals surface area contributed by atoms with Crippen LogP contribution in [0.15, 0.2) is 27.0 Å². The van der Waals surface area contributed by atoms with E-state index >= 15 is 0 Å². The van der Waals surface area contributed by atoms with Crippen LogP contribution in [0.2, 0.25) is 0 Å². The van der Waals surface area contributed by atoms with E-state index in [0.717, 1.165) is 16.1 Å². The molecule has 0 spiro atoms. The van der Waals surface area contributed by atoms with Crippen molar-refractivity contribution in [3.05, 3.63) is 44.1 Å². The predicted octanol–water partition coefficient (Wildman–Crippen LogP) is -0.466. The second-order valence-corrected chi connectivity index (χ2v) is 4.21. The normalized spacial score (nSPS) is 10.2. The third kappa shape index (κ3) is 3.58. The minimum absolute atomic E-state index is 0.301. The summed E-state index contributed by atoms with van der Waals surface area (Å²) < 4.78 is 0.982. The first kappa shape index (κ1) is 12.6. The minimum atomic E-state index is -0.771. The maximum absolute atomic E-state index is 11.2. The first-order valence-corrected chi connectivity index (χ1v) is 5.92. The highest BCUT2D eigenvalue weighted by molar-refractivity contribution is 7.99. The van der Waals surface area contributed by atoms with Crippen molar-refractivity contribution in [2.24, 2.45) is 0 Å². The molecule has 0 saturated carbocycles. The van der Waals surface area contributed by atoms with Crippen LogP contribution in [0, 0.1) is 0 Å². The van der Waals surface area contributed by atoms with Gasteiger partial charge in [0, 0.05) is 12.3 Å². The fourth-order valence-corrected chi connectivity index (χ4v) is 1.81. The molecule has 0 bridgehead atoms. The van der Waals surface area contributed by atoms with Gasteiger partial charge in [-0.15, -0.1) is 6.58 Å². The molecule has 1 aromatic heterocycles. The lowest BCUT2D eigenvalue weighted by atomic mass is 10.5. The largest absolute Gasteiger partial charge is 0.333 e. The molecular weight excluding hydrogens is 230 g/mol. The van der Waals surface area contributed by atoms with Crippen molar-refractivity contribution >= 4 is 11.8 Å². The van der Waals surface area contributed by atoms with Gasteiger partial charge in [0.05, 0.1) is 0 Å². The fourth-order valence-electron chi connectivity index (χ4n) is 1.15. The van der Waals surface area contributed by atoms with Crippen LogP contribution >= 0.6 is 11.8 Å². The Morgan fingerprint density at radius 1 is 1.25 bits per heavy atom. The molecule has 0 fully saturated rings. The number of hydrogen-bond donors (Lipinski definition) is 2. The summed E-state index contributed by atoms with van der Waals surface area (Å²) in [5.74, 6) is 1.67. The Morgan fingerprint density at radius 2 is 1.88 bits per heavy atom. The molecule has 1 heterocycles. The minimum Gasteiger partial charge on any atom is -0.259 e. The number of H-pyrrole nitrogens is 2. The Morgan fingerprint density at radius 3 is 2.44 bits per heavy atom. The van der Waals surface area contributed by atoms with E-state index < -0.39 is 17.1 Å². The summed E-state index contributed by atoms with van der Waals surface area (Å²) in [7, 11) is 0. The van der Waals surface area contributed by atoms with Gasteiger partial charge in [0.1, 0.15) is 0 Å². The molecule has 0 atom stereocenters. The zero-order chi connectivity index (χ0) is 12.0. The number of rotatable bonds is 6. The highest BCUT2D eigenvalue weighted by Crippen LogP contribution is 2.01. The van der Waals surface area contributed by atoms with Crippen molar-refractivity contribution in [1.82, 2.24) is 14.5 Å². The number of aromatic amines is 2. The molecule has 7 heteroatoms. The Balaban J connectivity index is 2.61. The van der Waals surface area contributed by atoms with Gasteiger partial charge in [0.25, 0.3) is 0 Å². The van der Waals surface area contributed by atoms with Gasteiger partial charge in [0.2, 0.25) is 0 Å². The smallest absolute Gasteiger partial charge is 0.259 e. The van der Waals surface area contributed by atoms with E-state index in [1.807, 2.05) is 9.97 Å². The van der Waals surface area contributed by atoms with Crippen molar-refractivity contribution in [3.63, 3.8) is 0 Å². The zero-order valence-electron chi connectivity index (χ0n) is 8.69. The third-order valence-corrected chi connectivity index (χ3v) is 2.89. The molecule has 1 rings (SSSR count). The molecular formula is C9H13N3O3S. The summed E-state index contributed by atoms with van der Waals surface area (Å²) >= 11 is 1.67. The average Bonchev–Trinajstić information content (AvgIpc) is 2.20. The van der Waals surface area contributed by atoms with E-state index in [2.05, 4.69) is 6.58 Å². The molecule has 0 aliphatic rings. The van der Waals surface area contributed by atoms with Crippen molar-refractivity contribution in [3.8, 4) is 0 Å². The lowest BCUT2D eigenvalue weighted by Crippen LogP contribution is -2.43. The zero-order valence-corrected chi connectivity index (χ0v) is 9.51. The lowest BCUT2D eigenvalue weighted by Gasteiger charge is -2.02. The Hall–Kier alpha value is -1.50. The molecule has 6 nitrogen and oxygen atoms in total. The Kier molecular flexibility index (Phi) is 4.84. The number of thioether (sulfide) groups is 1. The van der Waals surface area contributed by atoms with E-state index in [1.54, 1.807) is 17.8 Å². The van der Waals surface area contributed by atoms with Crippen molar-refractivity contribution in [2.45, 2.75) is 13.0 Å². The average molecular weight is 243 g/mol. The molecule has 0 aliphatic heterocycles. The second kappa shape index (κ2) is 6.16. The highest BCUT2D eigenvalue weighted by Gasteiger charge is 2.01. The van der Waals surface area contributed by atoms with Crippen LogP contribution in [0.4, 0.5) is 0 Å². The molecule has 0 unspecified atom stereocenters. The summed E-state index contributed by atoms with van der Waals surface area (Å²) in [6, 6.07) is 0. The third-order valence-electron chi connectivity index (χ3n) is 1.84. The van der Waals surface area contributed by atoms with E-state index in [1.165, 1.54) is 0 Å². The molecule has 0 amide bonds. The van der Waals surface area contributed by atoms with Gasteiger partial charge in [-0.25, -0.2) is 19.0 Å². The molecule has 0 radical (unpaired) electrons. The quantitative estimate of drug-likeness (QED) is 0.522. The summed E-state index contributed by atoms with van der Waals surface area (Å²) in [4.78, 5) is 37.2. The topological polar surface area (TPSA) is 87.7 Å². The SMILES string of the molecule is C=CCSCCCn1c(=O)[nH]c(=O)[nH]c1=O. The van der Waals surface area contributed by atoms with Gasteiger partial charge in [-0.1, -0.05) is 6.08 Å². The first-order valence-electron chi connectivity index (χ1n) is 4.77. The van der Waals surface area contributed by atoms with E-state index in [9.17, 15) is 14.4 Å². The molecule has 2 N–H and O–H groups in total. The first-order chi connectivity index (χ1) is 7.65. The Bertz CT molecular complexity index is 479. The number of hydrogen-bond acceptors (Lipinski definition) is 4. The number of aromatic nitrogens is 3. The fraction of sp³-hybridized carbons (Fsp3) is 0.444. The molecule has 88 valence electrons. The standard InChI is InChI=1S/C9H13N3O3S/c1-2-5-16-6-3-4-12-8(14)10-7(13)11-9(12)15/h2H,1,3-6H2,(H2,10,11,13,14,15). The molecule has 0 aromatic carbocycles. The Labute approximate surface area is 95.4 Å². The maximum Gasteiger partial charge on any atom is 0.333 e. The number of nitrogens with one attached hydrogen (secondary N) is 2. The van der Waals surface area contributed by atoms with Crippen molar-refractivity contribution in [2.75, 3.05) is 11.5 Å². The maximum atomic E-state index is 11.2. The monoisotopic (exact) mass is 243 g/mol. The predicted molar refractivity (Wildman–Crippen MR) is 64.1 cm³/mol. The molecule has 16 heavy (non-hydrogen) atoms. The molecule has 0 saturated heterocycles. The molecule has 0 aliphatic carbocycles. The van der Waals surface area contributed by atoms with Gasteiger partial charge in [-0.3, -0.25) is 9.97 Å². The van der Waals surface area contributed by atoms with Crippen molar-refractivity contribution < 1.29 is 0 Å². The molecule has 1 aromatic rings. The van der Waals surface area contributed by atoms with Crippen molar-refractivity contribution in [1.29, 1.82) is 0 Å². The highest BCUT2D eigenvalue weighted by atomic mass is 32.2. The van der Waals surface area contributed by atoms with Gasteiger partial charge in [0.15, 0.2) is 0 Å². The second-order valence-electron chi connectivity index (χ2n) is 3.06. The summed E-state index contributed by atoms with van der Waals surface area (Å²) in [6.07, 6.45) is 2.48.